The number of rotatable bonds is 5. The molecule has 20 heavy (non-hydrogen) atoms. The fourth-order valence-electron chi connectivity index (χ4n) is 2.54. The fourth-order valence-corrected chi connectivity index (χ4v) is 2.54. The van der Waals surface area contributed by atoms with Crippen LogP contribution in [0.4, 0.5) is 0 Å². The molecule has 0 bridgehead atoms. The van der Waals surface area contributed by atoms with E-state index in [0.717, 1.165) is 25.9 Å². The lowest BCUT2D eigenvalue weighted by atomic mass is 10.1. The Kier molecular flexibility index (Phi) is 5.30. The molecule has 1 aliphatic rings. The van der Waals surface area contributed by atoms with Gasteiger partial charge < -0.3 is 5.32 Å². The SMILES string of the molecule is CCC(=O)C(NC(=O)c1ccccc1)N1CCCCC1. The first-order valence-corrected chi connectivity index (χ1v) is 7.35. The zero-order valence-electron chi connectivity index (χ0n) is 12.0. The molecule has 0 aromatic heterocycles. The van der Waals surface area contributed by atoms with Crippen LogP contribution in [0.1, 0.15) is 43.0 Å². The number of benzene rings is 1. The molecule has 1 aromatic rings. The zero-order chi connectivity index (χ0) is 14.4. The zero-order valence-corrected chi connectivity index (χ0v) is 12.0. The average molecular weight is 274 g/mol. The molecule has 0 aliphatic carbocycles. The van der Waals surface area contributed by atoms with Crippen LogP contribution in [0.3, 0.4) is 0 Å². The van der Waals surface area contributed by atoms with Gasteiger partial charge in [0.15, 0.2) is 5.78 Å². The fraction of sp³-hybridized carbons (Fsp3) is 0.500. The number of Topliss-reactive ketones (excluding diaryl/α,β-unsaturated/α-hetero) is 1. The molecule has 1 saturated heterocycles. The van der Waals surface area contributed by atoms with Crippen LogP contribution in [0.15, 0.2) is 30.3 Å². The summed E-state index contributed by atoms with van der Waals surface area (Å²) in [6.45, 7) is 3.60. The highest BCUT2D eigenvalue weighted by molar-refractivity contribution is 5.97. The number of nitrogens with one attached hydrogen (secondary N) is 1. The summed E-state index contributed by atoms with van der Waals surface area (Å²) in [6.07, 6.45) is 3.35. The molecule has 1 amide bonds. The van der Waals surface area contributed by atoms with Gasteiger partial charge in [0.1, 0.15) is 6.17 Å². The molecule has 1 atom stereocenters. The minimum Gasteiger partial charge on any atom is -0.330 e. The summed E-state index contributed by atoms with van der Waals surface area (Å²) in [5.74, 6) is -0.0980. The number of carbonyl (C=O) groups excluding carboxylic acids is 2. The molecular formula is C16H22N2O2. The summed E-state index contributed by atoms with van der Waals surface area (Å²) in [5.41, 5.74) is 0.596. The van der Waals surface area contributed by atoms with Gasteiger partial charge in [0, 0.05) is 25.1 Å². The Morgan fingerprint density at radius 2 is 1.80 bits per heavy atom. The Bertz CT molecular complexity index is 453. The highest BCUT2D eigenvalue weighted by atomic mass is 16.2. The smallest absolute Gasteiger partial charge is 0.252 e. The third kappa shape index (κ3) is 3.67. The Morgan fingerprint density at radius 1 is 1.15 bits per heavy atom. The van der Waals surface area contributed by atoms with Crippen molar-refractivity contribution in [3.05, 3.63) is 35.9 Å². The van der Waals surface area contributed by atoms with E-state index in [1.54, 1.807) is 12.1 Å². The molecule has 4 nitrogen and oxygen atoms in total. The van der Waals surface area contributed by atoms with Crippen LogP contribution in [0.25, 0.3) is 0 Å². The Labute approximate surface area is 120 Å². The molecule has 108 valence electrons. The average Bonchev–Trinajstić information content (AvgIpc) is 2.53. The lowest BCUT2D eigenvalue weighted by Gasteiger charge is -2.33. The van der Waals surface area contributed by atoms with Gasteiger partial charge in [-0.1, -0.05) is 31.5 Å². The van der Waals surface area contributed by atoms with Crippen molar-refractivity contribution in [3.8, 4) is 0 Å². The monoisotopic (exact) mass is 274 g/mol. The molecule has 1 heterocycles. The van der Waals surface area contributed by atoms with Crippen LogP contribution < -0.4 is 5.32 Å². The quantitative estimate of drug-likeness (QED) is 0.895. The summed E-state index contributed by atoms with van der Waals surface area (Å²) in [7, 11) is 0. The number of hydrogen-bond acceptors (Lipinski definition) is 3. The van der Waals surface area contributed by atoms with Gasteiger partial charge in [-0.25, -0.2) is 0 Å². The van der Waals surface area contributed by atoms with Crippen molar-refractivity contribution in [2.24, 2.45) is 0 Å². The molecule has 1 unspecified atom stereocenters. The first-order valence-electron chi connectivity index (χ1n) is 7.35. The molecule has 2 rings (SSSR count). The molecule has 1 aromatic carbocycles. The lowest BCUT2D eigenvalue weighted by Crippen LogP contribution is -2.54. The number of carbonyl (C=O) groups is 2. The first-order chi connectivity index (χ1) is 9.72. The van der Waals surface area contributed by atoms with Crippen LogP contribution in [0, 0.1) is 0 Å². The number of hydrogen-bond donors (Lipinski definition) is 1. The third-order valence-corrected chi connectivity index (χ3v) is 3.71. The standard InChI is InChI=1S/C16H22N2O2/c1-2-14(19)15(18-11-7-4-8-12-18)17-16(20)13-9-5-3-6-10-13/h3,5-6,9-10,15H,2,4,7-8,11-12H2,1H3,(H,17,20). The van der Waals surface area contributed by atoms with Gasteiger partial charge in [-0.05, 0) is 25.0 Å². The normalized spacial score (nSPS) is 17.4. The maximum absolute atomic E-state index is 12.2. The van der Waals surface area contributed by atoms with Gasteiger partial charge in [-0.2, -0.15) is 0 Å². The van der Waals surface area contributed by atoms with Crippen molar-refractivity contribution in [1.82, 2.24) is 10.2 Å². The third-order valence-electron chi connectivity index (χ3n) is 3.71. The van der Waals surface area contributed by atoms with E-state index in [1.807, 2.05) is 25.1 Å². The second-order valence-corrected chi connectivity index (χ2v) is 5.16. The van der Waals surface area contributed by atoms with Crippen LogP contribution >= 0.6 is 0 Å². The summed E-state index contributed by atoms with van der Waals surface area (Å²) >= 11 is 0. The molecule has 0 radical (unpaired) electrons. The Hall–Kier alpha value is -1.68. The van der Waals surface area contributed by atoms with Crippen molar-refractivity contribution >= 4 is 11.7 Å². The van der Waals surface area contributed by atoms with Gasteiger partial charge >= 0.3 is 0 Å². The molecule has 4 heteroatoms. The minimum absolute atomic E-state index is 0.0798. The highest BCUT2D eigenvalue weighted by Gasteiger charge is 2.27. The summed E-state index contributed by atoms with van der Waals surface area (Å²) in [4.78, 5) is 26.4. The first kappa shape index (κ1) is 14.7. The van der Waals surface area contributed by atoms with E-state index in [9.17, 15) is 9.59 Å². The Balaban J connectivity index is 2.07. The van der Waals surface area contributed by atoms with E-state index in [4.69, 9.17) is 0 Å². The van der Waals surface area contributed by atoms with Crippen molar-refractivity contribution in [2.75, 3.05) is 13.1 Å². The number of amides is 1. The predicted octanol–water partition coefficient (Wildman–Crippen LogP) is 2.21. The highest BCUT2D eigenvalue weighted by Crippen LogP contribution is 2.13. The number of piperidine rings is 1. The second-order valence-electron chi connectivity index (χ2n) is 5.16. The van der Waals surface area contributed by atoms with Gasteiger partial charge in [0.05, 0.1) is 0 Å². The molecule has 1 N–H and O–H groups in total. The maximum atomic E-state index is 12.2. The van der Waals surface area contributed by atoms with E-state index in [2.05, 4.69) is 10.2 Å². The van der Waals surface area contributed by atoms with Crippen LogP contribution in [-0.2, 0) is 4.79 Å². The minimum atomic E-state index is -0.479. The number of likely N-dealkylation sites (tertiary alicyclic amines) is 1. The molecule has 1 aliphatic heterocycles. The van der Waals surface area contributed by atoms with E-state index in [-0.39, 0.29) is 11.7 Å². The summed E-state index contributed by atoms with van der Waals surface area (Å²) < 4.78 is 0. The Morgan fingerprint density at radius 3 is 2.40 bits per heavy atom. The van der Waals surface area contributed by atoms with E-state index >= 15 is 0 Å². The van der Waals surface area contributed by atoms with Gasteiger partial charge in [0.25, 0.3) is 5.91 Å². The predicted molar refractivity (Wildman–Crippen MR) is 78.4 cm³/mol. The van der Waals surface area contributed by atoms with Crippen LogP contribution in [0.5, 0.6) is 0 Å². The van der Waals surface area contributed by atoms with Crippen molar-refractivity contribution in [1.29, 1.82) is 0 Å². The van der Waals surface area contributed by atoms with E-state index in [0.29, 0.717) is 12.0 Å². The molecule has 0 saturated carbocycles. The van der Waals surface area contributed by atoms with Crippen LogP contribution in [-0.4, -0.2) is 35.8 Å². The number of ketones is 1. The molecule has 0 spiro atoms. The van der Waals surface area contributed by atoms with Gasteiger partial charge in [-0.3, -0.25) is 14.5 Å². The van der Waals surface area contributed by atoms with Crippen molar-refractivity contribution in [3.63, 3.8) is 0 Å². The van der Waals surface area contributed by atoms with Crippen molar-refractivity contribution < 1.29 is 9.59 Å². The summed E-state index contributed by atoms with van der Waals surface area (Å²) in [5, 5.41) is 2.89. The van der Waals surface area contributed by atoms with Crippen molar-refractivity contribution in [2.45, 2.75) is 38.8 Å². The second kappa shape index (κ2) is 7.20. The largest absolute Gasteiger partial charge is 0.330 e. The topological polar surface area (TPSA) is 49.4 Å². The van der Waals surface area contributed by atoms with Gasteiger partial charge in [-0.15, -0.1) is 0 Å². The number of nitrogens with zero attached hydrogens (tertiary/aromatic N) is 1. The van der Waals surface area contributed by atoms with Crippen LogP contribution in [0.2, 0.25) is 0 Å². The lowest BCUT2D eigenvalue weighted by molar-refractivity contribution is -0.125. The van der Waals surface area contributed by atoms with Gasteiger partial charge in [0.2, 0.25) is 0 Å². The summed E-state index contributed by atoms with van der Waals surface area (Å²) in [6, 6.07) is 9.05. The van der Waals surface area contributed by atoms with E-state index in [1.165, 1.54) is 6.42 Å². The molecule has 1 fully saturated rings. The maximum Gasteiger partial charge on any atom is 0.252 e. The van der Waals surface area contributed by atoms with E-state index < -0.39 is 6.17 Å². The molecular weight excluding hydrogens is 252 g/mol.